The zero-order valence-corrected chi connectivity index (χ0v) is 25.2. The minimum atomic E-state index is -3.87. The van der Waals surface area contributed by atoms with Crippen molar-refractivity contribution in [3.05, 3.63) is 60.5 Å². The van der Waals surface area contributed by atoms with Crippen molar-refractivity contribution in [2.24, 2.45) is 10.9 Å². The number of aliphatic hydroxyl groups excluding tert-OH is 1. The summed E-state index contributed by atoms with van der Waals surface area (Å²) >= 11 is 0. The standard InChI is InChI=1S/C31H41N5O6S/c37-27(30-33-25-14-7-8-16-28(25)42-30)15-9-17-32-29(38)22-26(23-10-3-1-4-11-23)34-31(36-18-20-41-21-19-36)35-43(39,40)24-12-5-2-6-13-24/h2,5-8,12-14,16,23,26-27,37H,1,3-4,9-11,15,17-22H2,(H,32,38)(H,34,35). The van der Waals surface area contributed by atoms with Crippen LogP contribution in [0.4, 0.5) is 0 Å². The molecular weight excluding hydrogens is 570 g/mol. The summed E-state index contributed by atoms with van der Waals surface area (Å²) in [5, 5.41) is 13.5. The number of carbonyl (C=O) groups excluding carboxylic acids is 1. The highest BCUT2D eigenvalue weighted by Gasteiger charge is 2.29. The predicted molar refractivity (Wildman–Crippen MR) is 163 cm³/mol. The number of benzene rings is 2. The fraction of sp³-hybridized carbons (Fsp3) is 0.516. The Morgan fingerprint density at radius 2 is 1.77 bits per heavy atom. The van der Waals surface area contributed by atoms with Crippen LogP contribution in [0.15, 0.2) is 68.9 Å². The molecule has 1 amide bonds. The number of hydrogen-bond acceptors (Lipinski definition) is 8. The average Bonchev–Trinajstić information content (AvgIpc) is 3.48. The second kappa shape index (κ2) is 14.8. The summed E-state index contributed by atoms with van der Waals surface area (Å²) in [5.74, 6) is 0.561. The van der Waals surface area contributed by atoms with E-state index in [0.29, 0.717) is 56.8 Å². The number of hydrogen-bond donors (Lipinski definition) is 3. The molecule has 3 N–H and O–H groups in total. The fourth-order valence-electron chi connectivity index (χ4n) is 5.66. The van der Waals surface area contributed by atoms with Gasteiger partial charge in [0.1, 0.15) is 11.6 Å². The van der Waals surface area contributed by atoms with Crippen molar-refractivity contribution in [3.8, 4) is 0 Å². The number of aliphatic hydroxyl groups is 1. The summed E-state index contributed by atoms with van der Waals surface area (Å²) in [7, 11) is -3.87. The molecule has 2 heterocycles. The number of amides is 1. The summed E-state index contributed by atoms with van der Waals surface area (Å²) < 4.78 is 40.5. The predicted octanol–water partition coefficient (Wildman–Crippen LogP) is 3.76. The van der Waals surface area contributed by atoms with E-state index in [4.69, 9.17) is 14.1 Å². The Morgan fingerprint density at radius 3 is 2.51 bits per heavy atom. The number of oxazole rings is 1. The van der Waals surface area contributed by atoms with Crippen LogP contribution in [0.25, 0.3) is 11.1 Å². The Labute approximate surface area is 252 Å². The van der Waals surface area contributed by atoms with E-state index in [2.05, 4.69) is 15.0 Å². The maximum absolute atomic E-state index is 13.3. The van der Waals surface area contributed by atoms with Gasteiger partial charge < -0.3 is 24.5 Å². The molecule has 2 fully saturated rings. The number of nitrogens with zero attached hydrogens (tertiary/aromatic N) is 3. The lowest BCUT2D eigenvalue weighted by molar-refractivity contribution is -0.121. The van der Waals surface area contributed by atoms with Gasteiger partial charge in [-0.2, -0.15) is 0 Å². The van der Waals surface area contributed by atoms with Gasteiger partial charge >= 0.3 is 0 Å². The average molecular weight is 612 g/mol. The Balaban J connectivity index is 1.24. The number of fused-ring (bicyclic) bond motifs is 1. The van der Waals surface area contributed by atoms with E-state index < -0.39 is 16.1 Å². The van der Waals surface area contributed by atoms with Gasteiger partial charge in [0.05, 0.1) is 24.2 Å². The highest BCUT2D eigenvalue weighted by Crippen LogP contribution is 2.30. The number of aliphatic imine (C=N–C) groups is 1. The van der Waals surface area contributed by atoms with Crippen LogP contribution in [-0.2, 0) is 19.6 Å². The molecule has 1 saturated heterocycles. The van der Waals surface area contributed by atoms with E-state index >= 15 is 0 Å². The molecule has 2 unspecified atom stereocenters. The molecule has 2 aromatic carbocycles. The molecule has 1 saturated carbocycles. The number of aromatic nitrogens is 1. The Hall–Kier alpha value is -3.48. The van der Waals surface area contributed by atoms with E-state index in [1.807, 2.05) is 23.1 Å². The van der Waals surface area contributed by atoms with Crippen LogP contribution in [0.2, 0.25) is 0 Å². The molecule has 5 rings (SSSR count). The van der Waals surface area contributed by atoms with Crippen LogP contribution in [-0.4, -0.2) is 74.2 Å². The van der Waals surface area contributed by atoms with Crippen molar-refractivity contribution in [2.75, 3.05) is 32.8 Å². The molecule has 1 aromatic heterocycles. The number of sulfonamides is 1. The third kappa shape index (κ3) is 8.55. The molecule has 0 spiro atoms. The molecule has 2 atom stereocenters. The smallest absolute Gasteiger partial charge is 0.264 e. The van der Waals surface area contributed by atoms with Crippen LogP contribution in [0.3, 0.4) is 0 Å². The largest absolute Gasteiger partial charge is 0.438 e. The van der Waals surface area contributed by atoms with Crippen LogP contribution in [0.1, 0.15) is 63.4 Å². The Bertz CT molecular complexity index is 1430. The van der Waals surface area contributed by atoms with Gasteiger partial charge in [0.15, 0.2) is 5.58 Å². The first-order valence-electron chi connectivity index (χ1n) is 15.2. The molecule has 232 valence electrons. The van der Waals surface area contributed by atoms with Crippen molar-refractivity contribution < 1.29 is 27.5 Å². The fourth-order valence-corrected chi connectivity index (χ4v) is 6.72. The number of nitrogens with one attached hydrogen (secondary N) is 2. The minimum Gasteiger partial charge on any atom is -0.438 e. The maximum Gasteiger partial charge on any atom is 0.264 e. The van der Waals surface area contributed by atoms with Gasteiger partial charge in [-0.1, -0.05) is 49.6 Å². The monoisotopic (exact) mass is 611 g/mol. The Kier molecular flexibility index (Phi) is 10.7. The van der Waals surface area contributed by atoms with Crippen molar-refractivity contribution in [1.29, 1.82) is 0 Å². The molecule has 43 heavy (non-hydrogen) atoms. The second-order valence-electron chi connectivity index (χ2n) is 11.2. The van der Waals surface area contributed by atoms with Gasteiger partial charge in [0.25, 0.3) is 10.0 Å². The van der Waals surface area contributed by atoms with Crippen LogP contribution < -0.4 is 10.0 Å². The Morgan fingerprint density at radius 1 is 1.05 bits per heavy atom. The lowest BCUT2D eigenvalue weighted by Gasteiger charge is -2.33. The van der Waals surface area contributed by atoms with Crippen LogP contribution in [0, 0.1) is 5.92 Å². The lowest BCUT2D eigenvalue weighted by atomic mass is 9.83. The highest BCUT2D eigenvalue weighted by atomic mass is 32.2. The van der Waals surface area contributed by atoms with E-state index in [-0.39, 0.29) is 41.0 Å². The number of guanidine groups is 1. The minimum absolute atomic E-state index is 0.150. The normalized spacial score (nSPS) is 18.3. The van der Waals surface area contributed by atoms with Crippen LogP contribution in [0.5, 0.6) is 0 Å². The lowest BCUT2D eigenvalue weighted by Crippen LogP contribution is -2.50. The molecule has 2 aliphatic rings. The molecule has 0 radical (unpaired) electrons. The third-order valence-corrected chi connectivity index (χ3v) is 9.38. The maximum atomic E-state index is 13.3. The van der Waals surface area contributed by atoms with Crippen molar-refractivity contribution in [2.45, 2.75) is 68.4 Å². The molecule has 0 bridgehead atoms. The second-order valence-corrected chi connectivity index (χ2v) is 12.9. The first-order valence-corrected chi connectivity index (χ1v) is 16.7. The SMILES string of the molecule is O=C(CC(N=C(NS(=O)(=O)c1ccccc1)N1CCOCC1)C1CCCCC1)NCCCC(O)c1nc2ccccc2o1. The molecule has 1 aliphatic heterocycles. The van der Waals surface area contributed by atoms with Gasteiger partial charge in [-0.05, 0) is 55.9 Å². The first-order chi connectivity index (χ1) is 20.9. The van der Waals surface area contributed by atoms with E-state index in [0.717, 1.165) is 32.1 Å². The first kappa shape index (κ1) is 31.0. The molecule has 12 heteroatoms. The van der Waals surface area contributed by atoms with Gasteiger partial charge in [-0.25, -0.2) is 23.1 Å². The molecule has 1 aliphatic carbocycles. The summed E-state index contributed by atoms with van der Waals surface area (Å²) in [6.45, 7) is 2.32. The summed E-state index contributed by atoms with van der Waals surface area (Å²) in [6, 6.07) is 15.2. The summed E-state index contributed by atoms with van der Waals surface area (Å²) in [6.07, 6.45) is 5.39. The summed E-state index contributed by atoms with van der Waals surface area (Å²) in [5.41, 5.74) is 1.32. The van der Waals surface area contributed by atoms with Crippen molar-refractivity contribution in [3.63, 3.8) is 0 Å². The van der Waals surface area contributed by atoms with E-state index in [1.54, 1.807) is 36.4 Å². The van der Waals surface area contributed by atoms with E-state index in [1.165, 1.54) is 0 Å². The number of rotatable bonds is 11. The van der Waals surface area contributed by atoms with Crippen molar-refractivity contribution in [1.82, 2.24) is 19.9 Å². The number of morpholine rings is 1. The van der Waals surface area contributed by atoms with Crippen molar-refractivity contribution >= 4 is 33.0 Å². The zero-order chi connectivity index (χ0) is 30.1. The highest BCUT2D eigenvalue weighted by molar-refractivity contribution is 7.90. The molecular formula is C31H41N5O6S. The topological polar surface area (TPSA) is 146 Å². The van der Waals surface area contributed by atoms with Gasteiger partial charge in [0.2, 0.25) is 17.8 Å². The summed E-state index contributed by atoms with van der Waals surface area (Å²) in [4.78, 5) is 24.5. The number of ether oxygens (including phenoxy) is 1. The number of para-hydroxylation sites is 2. The molecule has 11 nitrogen and oxygen atoms in total. The van der Waals surface area contributed by atoms with E-state index in [9.17, 15) is 18.3 Å². The number of carbonyl (C=O) groups is 1. The third-order valence-electron chi connectivity index (χ3n) is 8.04. The molecule has 3 aromatic rings. The zero-order valence-electron chi connectivity index (χ0n) is 24.4. The van der Waals surface area contributed by atoms with Crippen LogP contribution >= 0.6 is 0 Å². The van der Waals surface area contributed by atoms with Gasteiger partial charge in [-0.3, -0.25) is 4.79 Å². The quantitative estimate of drug-likeness (QED) is 0.169. The van der Waals surface area contributed by atoms with Gasteiger partial charge in [-0.15, -0.1) is 0 Å². The van der Waals surface area contributed by atoms with Gasteiger partial charge in [0, 0.05) is 26.1 Å².